The van der Waals surface area contributed by atoms with Crippen molar-refractivity contribution in [1.29, 1.82) is 0 Å². The molecule has 0 bridgehead atoms. The van der Waals surface area contributed by atoms with Gasteiger partial charge in [-0.05, 0) is 0 Å². The molecule has 0 N–H and O–H groups in total. The first kappa shape index (κ1) is 5.97. The Hall–Kier alpha value is -0.0317. The van der Waals surface area contributed by atoms with Gasteiger partial charge in [0.1, 0.15) is 0 Å². The van der Waals surface area contributed by atoms with Crippen LogP contribution in [0.4, 0.5) is 0 Å². The van der Waals surface area contributed by atoms with Crippen molar-refractivity contribution in [3.63, 3.8) is 0 Å². The molecule has 0 aliphatic heterocycles. The first-order valence-electron chi connectivity index (χ1n) is 1.48. The van der Waals surface area contributed by atoms with Gasteiger partial charge in [0.05, 0.1) is 0 Å². The van der Waals surface area contributed by atoms with Crippen molar-refractivity contribution in [2.75, 3.05) is 0 Å². The van der Waals surface area contributed by atoms with Crippen LogP contribution in [0.15, 0.2) is 17.3 Å². The van der Waals surface area contributed by atoms with Gasteiger partial charge in [0, 0.05) is 0 Å². The molecule has 0 fully saturated rings. The molecule has 0 atom stereocenters. The average Bonchev–Trinajstić information content (AvgIpc) is 1.61. The van der Waals surface area contributed by atoms with Gasteiger partial charge in [0.25, 0.3) is 0 Å². The normalized spacial score (nSPS) is 8.67. The van der Waals surface area contributed by atoms with E-state index in [2.05, 4.69) is 11.7 Å². The van der Waals surface area contributed by atoms with E-state index >= 15 is 0 Å². The Labute approximate surface area is 48.2 Å². The molecule has 6 heavy (non-hydrogen) atoms. The van der Waals surface area contributed by atoms with Gasteiger partial charge in [-0.15, -0.1) is 0 Å². The molecule has 32 valence electrons. The summed E-state index contributed by atoms with van der Waals surface area (Å²) in [5, 5.41) is 0. The van der Waals surface area contributed by atoms with Crippen LogP contribution in [-0.2, 0) is 19.4 Å². The molecular formula is C4H5NW. The maximum absolute atomic E-state index is 3.48. The number of aliphatic imine (C=N–C) groups is 1. The van der Waals surface area contributed by atoms with Crippen molar-refractivity contribution >= 4 is 11.1 Å². The molecule has 0 unspecified atom stereocenters. The van der Waals surface area contributed by atoms with Crippen LogP contribution in [0.25, 0.3) is 0 Å². The topological polar surface area (TPSA) is 12.4 Å². The molecule has 0 aromatic heterocycles. The average molecular weight is 251 g/mol. The van der Waals surface area contributed by atoms with E-state index in [1.165, 1.54) is 19.4 Å². The fourth-order valence-electron chi connectivity index (χ4n) is 0.0960. The minimum atomic E-state index is 1.44. The molecule has 0 rings (SSSR count). The summed E-state index contributed by atoms with van der Waals surface area (Å²) < 4.78 is 1.98. The van der Waals surface area contributed by atoms with Gasteiger partial charge >= 0.3 is 47.7 Å². The summed E-state index contributed by atoms with van der Waals surface area (Å²) in [5.74, 6) is 0. The van der Waals surface area contributed by atoms with Gasteiger partial charge in [0.2, 0.25) is 0 Å². The standard InChI is InChI=1S/C4H5N.W/c1-3-4-5-2;/h1,3-4H,2H2;/b4-3-;. The summed E-state index contributed by atoms with van der Waals surface area (Å²) in [6, 6.07) is 0. The molecule has 0 aliphatic rings. The van der Waals surface area contributed by atoms with Gasteiger partial charge in [-0.2, -0.15) is 0 Å². The minimum absolute atomic E-state index is 1.44. The van der Waals surface area contributed by atoms with Crippen LogP contribution in [0.1, 0.15) is 0 Å². The van der Waals surface area contributed by atoms with E-state index in [0.717, 1.165) is 0 Å². The Kier molecular flexibility index (Phi) is 4.94. The molecule has 0 aromatic rings. The van der Waals surface area contributed by atoms with Crippen molar-refractivity contribution in [1.82, 2.24) is 0 Å². The maximum atomic E-state index is 3.48. The van der Waals surface area contributed by atoms with Crippen LogP contribution in [0, 0.1) is 0 Å². The molecule has 0 amide bonds. The van der Waals surface area contributed by atoms with E-state index in [9.17, 15) is 0 Å². The van der Waals surface area contributed by atoms with Crippen molar-refractivity contribution in [2.24, 2.45) is 4.99 Å². The third-order valence-electron chi connectivity index (χ3n) is 0.270. The second-order valence-corrected chi connectivity index (χ2v) is 1.64. The zero-order valence-corrected chi connectivity index (χ0v) is 6.23. The fraction of sp³-hybridized carbons (Fsp3) is 0. The Morgan fingerprint density at radius 1 is 1.67 bits per heavy atom. The third kappa shape index (κ3) is 3.97. The molecule has 2 heteroatoms. The summed E-state index contributed by atoms with van der Waals surface area (Å²) >= 11 is 1.44. The van der Waals surface area contributed by atoms with Gasteiger partial charge in [-0.25, -0.2) is 0 Å². The predicted octanol–water partition coefficient (Wildman–Crippen LogP) is 0.550. The van der Waals surface area contributed by atoms with Crippen molar-refractivity contribution in [3.8, 4) is 0 Å². The first-order chi connectivity index (χ1) is 2.91. The quantitative estimate of drug-likeness (QED) is 0.635. The van der Waals surface area contributed by atoms with Gasteiger partial charge in [-0.1, -0.05) is 0 Å². The molecule has 0 aromatic carbocycles. The predicted molar refractivity (Wildman–Crippen MR) is 24.8 cm³/mol. The van der Waals surface area contributed by atoms with Gasteiger partial charge in [-0.3, -0.25) is 0 Å². The zero-order chi connectivity index (χ0) is 4.83. The van der Waals surface area contributed by atoms with E-state index in [4.69, 9.17) is 0 Å². The van der Waals surface area contributed by atoms with Crippen LogP contribution >= 0.6 is 0 Å². The zero-order valence-electron chi connectivity index (χ0n) is 3.29. The molecular weight excluding hydrogens is 246 g/mol. The molecule has 0 saturated carbocycles. The monoisotopic (exact) mass is 251 g/mol. The second kappa shape index (κ2) is 4.97. The van der Waals surface area contributed by atoms with Crippen LogP contribution in [-0.4, -0.2) is 11.1 Å². The van der Waals surface area contributed by atoms with Crippen molar-refractivity contribution in [2.45, 2.75) is 0 Å². The molecule has 1 nitrogen and oxygen atoms in total. The molecule has 0 saturated heterocycles. The Bertz CT molecular complexity index is 65.6. The Morgan fingerprint density at radius 2 is 2.33 bits per heavy atom. The summed E-state index contributed by atoms with van der Waals surface area (Å²) in [7, 11) is 0. The molecule has 0 aliphatic carbocycles. The fourth-order valence-corrected chi connectivity index (χ4v) is 0.348. The summed E-state index contributed by atoms with van der Waals surface area (Å²) in [4.78, 5) is 3.48. The summed E-state index contributed by atoms with van der Waals surface area (Å²) in [6.45, 7) is 3.25. The van der Waals surface area contributed by atoms with Crippen LogP contribution in [0.3, 0.4) is 0 Å². The Morgan fingerprint density at radius 3 is 2.50 bits per heavy atom. The molecule has 0 radical (unpaired) electrons. The third-order valence-corrected chi connectivity index (χ3v) is 0.835. The Balaban J connectivity index is 3.17. The van der Waals surface area contributed by atoms with E-state index in [0.29, 0.717) is 0 Å². The van der Waals surface area contributed by atoms with Crippen LogP contribution in [0.5, 0.6) is 0 Å². The molecule has 0 heterocycles. The van der Waals surface area contributed by atoms with Crippen molar-refractivity contribution in [3.05, 3.63) is 12.3 Å². The van der Waals surface area contributed by atoms with Crippen LogP contribution in [0.2, 0.25) is 0 Å². The number of rotatable bonds is 2. The van der Waals surface area contributed by atoms with E-state index in [1.807, 2.05) is 10.5 Å². The number of allylic oxidation sites excluding steroid dienone is 1. The SMILES string of the molecule is C=N/C=C\[CH]=[W]. The number of nitrogens with zero attached hydrogens (tertiary/aromatic N) is 1. The first-order valence-corrected chi connectivity index (χ1v) is 3.17. The van der Waals surface area contributed by atoms with E-state index < -0.39 is 0 Å². The van der Waals surface area contributed by atoms with Crippen molar-refractivity contribution < 1.29 is 19.4 Å². The molecule has 0 spiro atoms. The van der Waals surface area contributed by atoms with Gasteiger partial charge in [0.15, 0.2) is 0 Å². The summed E-state index contributed by atoms with van der Waals surface area (Å²) in [6.07, 6.45) is 3.52. The van der Waals surface area contributed by atoms with Gasteiger partial charge < -0.3 is 0 Å². The number of hydrogen-bond donors (Lipinski definition) is 0. The number of hydrogen-bond acceptors (Lipinski definition) is 1. The second-order valence-electron chi connectivity index (χ2n) is 0.660. The van der Waals surface area contributed by atoms with E-state index in [1.54, 1.807) is 6.20 Å². The summed E-state index contributed by atoms with van der Waals surface area (Å²) in [5.41, 5.74) is 0. The van der Waals surface area contributed by atoms with Crippen LogP contribution < -0.4 is 0 Å². The van der Waals surface area contributed by atoms with E-state index in [-0.39, 0.29) is 0 Å².